The van der Waals surface area contributed by atoms with Gasteiger partial charge in [-0.1, -0.05) is 76.2 Å². The minimum atomic E-state index is -1.43. The van der Waals surface area contributed by atoms with Gasteiger partial charge in [0.05, 0.1) is 5.69 Å². The minimum Gasteiger partial charge on any atom is -0.455 e. The van der Waals surface area contributed by atoms with Crippen LogP contribution in [0.25, 0.3) is 33.2 Å². The molecule has 0 aliphatic heterocycles. The lowest BCUT2D eigenvalue weighted by Crippen LogP contribution is -2.18. The molecule has 0 fully saturated rings. The fourth-order valence-corrected chi connectivity index (χ4v) is 4.41. The zero-order valence-corrected chi connectivity index (χ0v) is 19.0. The average Bonchev–Trinajstić information content (AvgIpc) is 3.22. The molecule has 5 aromatic rings. The minimum absolute atomic E-state index is 0.142. The number of benzene rings is 3. The summed E-state index contributed by atoms with van der Waals surface area (Å²) in [5.41, 5.74) is 6.19. The Hall–Kier alpha value is -3.39. The lowest BCUT2D eigenvalue weighted by Gasteiger charge is -2.26. The van der Waals surface area contributed by atoms with Crippen molar-refractivity contribution in [1.82, 2.24) is 4.98 Å². The number of hydrogen-bond acceptors (Lipinski definition) is 2. The predicted molar refractivity (Wildman–Crippen MR) is 134 cm³/mol. The van der Waals surface area contributed by atoms with Gasteiger partial charge < -0.3 is 4.42 Å². The summed E-state index contributed by atoms with van der Waals surface area (Å²) in [5.74, 6) is -0.142. The van der Waals surface area contributed by atoms with E-state index in [1.165, 1.54) is 11.1 Å². The molecule has 2 heteroatoms. The number of aromatic nitrogens is 1. The molecule has 2 nitrogen and oxygen atoms in total. The number of furan rings is 1. The highest BCUT2D eigenvalue weighted by molar-refractivity contribution is 6.09. The van der Waals surface area contributed by atoms with Crippen LogP contribution < -0.4 is 0 Å². The van der Waals surface area contributed by atoms with Crippen molar-refractivity contribution in [3.05, 3.63) is 102 Å². The summed E-state index contributed by atoms with van der Waals surface area (Å²) in [6, 6.07) is 26.7. The van der Waals surface area contributed by atoms with E-state index >= 15 is 0 Å². The molecule has 0 radical (unpaired) electrons. The Bertz CT molecular complexity index is 1480. The van der Waals surface area contributed by atoms with E-state index in [1.807, 2.05) is 38.1 Å². The van der Waals surface area contributed by atoms with Crippen molar-refractivity contribution in [2.75, 3.05) is 0 Å². The molecule has 0 aliphatic carbocycles. The third-order valence-corrected chi connectivity index (χ3v) is 6.21. The third kappa shape index (κ3) is 3.60. The van der Waals surface area contributed by atoms with Crippen LogP contribution in [-0.4, -0.2) is 4.98 Å². The molecule has 0 N–H and O–H groups in total. The molecule has 160 valence electrons. The van der Waals surface area contributed by atoms with E-state index in [1.54, 1.807) is 12.3 Å². The molecule has 0 aliphatic rings. The van der Waals surface area contributed by atoms with Crippen LogP contribution in [0.15, 0.2) is 89.5 Å². The van der Waals surface area contributed by atoms with Crippen molar-refractivity contribution in [3.8, 4) is 11.3 Å². The number of rotatable bonds is 5. The molecule has 0 saturated heterocycles. The molecule has 3 aromatic carbocycles. The van der Waals surface area contributed by atoms with Gasteiger partial charge in [-0.15, -0.1) is 0 Å². The van der Waals surface area contributed by atoms with Gasteiger partial charge in [0.25, 0.3) is 0 Å². The summed E-state index contributed by atoms with van der Waals surface area (Å²) >= 11 is 0. The van der Waals surface area contributed by atoms with Crippen molar-refractivity contribution in [3.63, 3.8) is 0 Å². The molecule has 2 aromatic heterocycles. The fraction of sp³-hybridized carbons (Fsp3) is 0.233. The highest BCUT2D eigenvalue weighted by Crippen LogP contribution is 2.39. The molecule has 2 heterocycles. The Balaban J connectivity index is 1.66. The molecule has 0 bridgehead atoms. The van der Waals surface area contributed by atoms with E-state index in [0.29, 0.717) is 5.56 Å². The summed E-state index contributed by atoms with van der Waals surface area (Å²) in [4.78, 5) is 4.57. The molecule has 0 saturated carbocycles. The van der Waals surface area contributed by atoms with Crippen LogP contribution in [0.5, 0.6) is 0 Å². The molecule has 0 amide bonds. The second-order valence-electron chi connectivity index (χ2n) is 9.22. The highest BCUT2D eigenvalue weighted by Gasteiger charge is 2.24. The maximum atomic E-state index is 8.50. The Morgan fingerprint density at radius 3 is 2.47 bits per heavy atom. The molecular formula is C30H29NO. The van der Waals surface area contributed by atoms with Crippen molar-refractivity contribution in [2.24, 2.45) is 5.92 Å². The summed E-state index contributed by atoms with van der Waals surface area (Å²) in [5, 5.41) is 2.12. The first kappa shape index (κ1) is 18.2. The van der Waals surface area contributed by atoms with Gasteiger partial charge in [-0.05, 0) is 59.3 Å². The fourth-order valence-electron chi connectivity index (χ4n) is 4.41. The van der Waals surface area contributed by atoms with Gasteiger partial charge in [0, 0.05) is 30.7 Å². The zero-order chi connectivity index (χ0) is 24.1. The van der Waals surface area contributed by atoms with Gasteiger partial charge >= 0.3 is 0 Å². The number of fused-ring (bicyclic) bond motifs is 3. The standard InChI is InChI=1S/C30H29NO/c1-20(2)17-21-15-16-31-27(18-21)25-12-8-11-24-26-19-23(13-14-28(26)32-29(24)25)30(3,4)22-9-6-5-7-10-22/h5-16,18-20H,17H2,1-4H3/i17D2. The molecule has 5 rings (SSSR count). The van der Waals surface area contributed by atoms with Gasteiger partial charge in [0.2, 0.25) is 0 Å². The lowest BCUT2D eigenvalue weighted by molar-refractivity contribution is 0.639. The summed E-state index contributed by atoms with van der Waals surface area (Å²) < 4.78 is 23.4. The smallest absolute Gasteiger partial charge is 0.144 e. The summed E-state index contributed by atoms with van der Waals surface area (Å²) in [6.07, 6.45) is 0.254. The quantitative estimate of drug-likeness (QED) is 0.286. The Morgan fingerprint density at radius 2 is 1.69 bits per heavy atom. The molecular weight excluding hydrogens is 390 g/mol. The van der Waals surface area contributed by atoms with E-state index < -0.39 is 6.37 Å². The van der Waals surface area contributed by atoms with Crippen LogP contribution in [-0.2, 0) is 11.8 Å². The zero-order valence-electron chi connectivity index (χ0n) is 21.0. The van der Waals surface area contributed by atoms with E-state index in [2.05, 4.69) is 67.4 Å². The first-order valence-corrected chi connectivity index (χ1v) is 11.2. The van der Waals surface area contributed by atoms with Crippen LogP contribution in [0, 0.1) is 5.92 Å². The van der Waals surface area contributed by atoms with Gasteiger partial charge in [-0.2, -0.15) is 0 Å². The summed E-state index contributed by atoms with van der Waals surface area (Å²) in [7, 11) is 0. The van der Waals surface area contributed by atoms with Crippen molar-refractivity contribution < 1.29 is 7.16 Å². The van der Waals surface area contributed by atoms with Crippen LogP contribution >= 0.6 is 0 Å². The Kier molecular flexibility index (Phi) is 4.52. The normalized spacial score (nSPS) is 13.5. The van der Waals surface area contributed by atoms with Crippen molar-refractivity contribution >= 4 is 21.9 Å². The molecule has 32 heavy (non-hydrogen) atoms. The number of para-hydroxylation sites is 1. The number of nitrogens with zero attached hydrogens (tertiary/aromatic N) is 1. The molecule has 0 spiro atoms. The Morgan fingerprint density at radius 1 is 0.875 bits per heavy atom. The van der Waals surface area contributed by atoms with E-state index in [4.69, 9.17) is 7.16 Å². The number of hydrogen-bond donors (Lipinski definition) is 0. The topological polar surface area (TPSA) is 26.0 Å². The SMILES string of the molecule is [2H]C([2H])(c1ccnc(-c2cccc3c2oc2ccc(C(C)(C)c4ccccc4)cc23)c1)C(C)C. The lowest BCUT2D eigenvalue weighted by atomic mass is 9.78. The van der Waals surface area contributed by atoms with Crippen LogP contribution in [0.2, 0.25) is 0 Å². The molecule has 0 unspecified atom stereocenters. The van der Waals surface area contributed by atoms with Crippen molar-refractivity contribution in [1.29, 1.82) is 0 Å². The second kappa shape index (κ2) is 7.94. The molecule has 0 atom stereocenters. The maximum Gasteiger partial charge on any atom is 0.144 e. The summed E-state index contributed by atoms with van der Waals surface area (Å²) in [6.45, 7) is 8.29. The number of pyridine rings is 1. The van der Waals surface area contributed by atoms with Gasteiger partial charge in [-0.25, -0.2) is 0 Å². The first-order valence-electron chi connectivity index (χ1n) is 12.2. The average molecular weight is 422 g/mol. The highest BCUT2D eigenvalue weighted by atomic mass is 16.3. The van der Waals surface area contributed by atoms with Crippen molar-refractivity contribution in [2.45, 2.75) is 39.5 Å². The monoisotopic (exact) mass is 421 g/mol. The van der Waals surface area contributed by atoms with E-state index in [0.717, 1.165) is 33.2 Å². The van der Waals surface area contributed by atoms with Crippen LogP contribution in [0.4, 0.5) is 0 Å². The maximum absolute atomic E-state index is 8.50. The van der Waals surface area contributed by atoms with Crippen LogP contribution in [0.1, 0.15) is 47.1 Å². The van der Waals surface area contributed by atoms with Crippen LogP contribution in [0.3, 0.4) is 0 Å². The first-order chi connectivity index (χ1) is 16.2. The Labute approximate surface area is 192 Å². The second-order valence-corrected chi connectivity index (χ2v) is 9.22. The third-order valence-electron chi connectivity index (χ3n) is 6.21. The van der Waals surface area contributed by atoms with Gasteiger partial charge in [-0.3, -0.25) is 4.98 Å². The van der Waals surface area contributed by atoms with Gasteiger partial charge in [0.1, 0.15) is 11.2 Å². The van der Waals surface area contributed by atoms with E-state index in [-0.39, 0.29) is 11.3 Å². The largest absolute Gasteiger partial charge is 0.455 e. The van der Waals surface area contributed by atoms with E-state index in [9.17, 15) is 0 Å². The van der Waals surface area contributed by atoms with Gasteiger partial charge in [0.15, 0.2) is 0 Å². The predicted octanol–water partition coefficient (Wildman–Crippen LogP) is 8.17.